The molecular formula is C15H17N5O4S. The van der Waals surface area contributed by atoms with Crippen LogP contribution in [0.3, 0.4) is 0 Å². The van der Waals surface area contributed by atoms with Gasteiger partial charge in [-0.05, 0) is 30.6 Å². The molecule has 1 atom stereocenters. The van der Waals surface area contributed by atoms with Crippen molar-refractivity contribution in [1.82, 2.24) is 26.1 Å². The van der Waals surface area contributed by atoms with Gasteiger partial charge in [-0.3, -0.25) is 30.2 Å². The fourth-order valence-electron chi connectivity index (χ4n) is 1.83. The first-order valence-corrected chi connectivity index (χ1v) is 8.70. The maximum atomic E-state index is 12.3. The molecule has 0 aliphatic heterocycles. The molecule has 0 saturated carbocycles. The summed E-state index contributed by atoms with van der Waals surface area (Å²) in [7, 11) is 0. The number of nitrogens with one attached hydrogen (secondary N) is 3. The summed E-state index contributed by atoms with van der Waals surface area (Å²) < 4.78 is 5.00. The molecule has 0 spiro atoms. The zero-order valence-electron chi connectivity index (χ0n) is 13.4. The van der Waals surface area contributed by atoms with Crippen molar-refractivity contribution < 1.29 is 18.8 Å². The molecular weight excluding hydrogens is 346 g/mol. The van der Waals surface area contributed by atoms with E-state index in [9.17, 15) is 14.4 Å². The smallest absolute Gasteiger partial charge is 0.289 e. The van der Waals surface area contributed by atoms with Crippen molar-refractivity contribution in [3.8, 4) is 0 Å². The number of thioether (sulfide) groups is 1. The Morgan fingerprint density at radius 1 is 1.24 bits per heavy atom. The van der Waals surface area contributed by atoms with Crippen LogP contribution < -0.4 is 16.2 Å². The normalized spacial score (nSPS) is 11.4. The van der Waals surface area contributed by atoms with Crippen molar-refractivity contribution in [1.29, 1.82) is 0 Å². The molecule has 2 heterocycles. The van der Waals surface area contributed by atoms with E-state index in [1.165, 1.54) is 42.7 Å². The molecule has 0 bridgehead atoms. The van der Waals surface area contributed by atoms with Crippen molar-refractivity contribution in [2.45, 2.75) is 12.5 Å². The number of hydrogen-bond donors (Lipinski definition) is 3. The Morgan fingerprint density at radius 3 is 2.72 bits per heavy atom. The summed E-state index contributed by atoms with van der Waals surface area (Å²) in [5.41, 5.74) is 4.58. The summed E-state index contributed by atoms with van der Waals surface area (Å²) in [6.07, 6.45) is 7.71. The second-order valence-electron chi connectivity index (χ2n) is 4.82. The Hall–Kier alpha value is -2.88. The van der Waals surface area contributed by atoms with Gasteiger partial charge >= 0.3 is 0 Å². The Balaban J connectivity index is 1.93. The van der Waals surface area contributed by atoms with Crippen LogP contribution in [0.15, 0.2) is 41.4 Å². The van der Waals surface area contributed by atoms with Gasteiger partial charge in [-0.2, -0.15) is 11.8 Å². The van der Waals surface area contributed by atoms with E-state index < -0.39 is 23.8 Å². The minimum absolute atomic E-state index is 0.0584. The van der Waals surface area contributed by atoms with Crippen LogP contribution in [0.25, 0.3) is 0 Å². The average molecular weight is 363 g/mol. The fourth-order valence-corrected chi connectivity index (χ4v) is 2.30. The topological polar surface area (TPSA) is 126 Å². The van der Waals surface area contributed by atoms with E-state index in [-0.39, 0.29) is 11.5 Å². The van der Waals surface area contributed by atoms with E-state index in [4.69, 9.17) is 4.42 Å². The number of hydrazine groups is 1. The van der Waals surface area contributed by atoms with Crippen LogP contribution in [0.4, 0.5) is 0 Å². The van der Waals surface area contributed by atoms with Gasteiger partial charge in [-0.25, -0.2) is 4.98 Å². The minimum Gasteiger partial charge on any atom is -0.459 e. The standard InChI is InChI=1S/C15H17N5O4S/c1-25-8-4-10(18-15(23)12-3-2-7-24-12)13(21)19-20-14(22)11-9-16-5-6-17-11/h2-3,5-7,9-10H,4,8H2,1H3,(H,18,23)(H,19,21)(H,20,22). The lowest BCUT2D eigenvalue weighted by Crippen LogP contribution is -2.52. The first-order valence-electron chi connectivity index (χ1n) is 7.31. The molecule has 2 rings (SSSR count). The number of aromatic nitrogens is 2. The SMILES string of the molecule is CSCCC(NC(=O)c1ccco1)C(=O)NNC(=O)c1cnccn1. The van der Waals surface area contributed by atoms with Crippen molar-refractivity contribution >= 4 is 29.5 Å². The maximum Gasteiger partial charge on any atom is 0.289 e. The van der Waals surface area contributed by atoms with Crippen LogP contribution in [0, 0.1) is 0 Å². The number of carbonyl (C=O) groups excluding carboxylic acids is 3. The zero-order valence-corrected chi connectivity index (χ0v) is 14.2. The van der Waals surface area contributed by atoms with Gasteiger partial charge in [0.25, 0.3) is 17.7 Å². The lowest BCUT2D eigenvalue weighted by Gasteiger charge is -2.17. The summed E-state index contributed by atoms with van der Waals surface area (Å²) in [4.78, 5) is 43.8. The highest BCUT2D eigenvalue weighted by atomic mass is 32.2. The van der Waals surface area contributed by atoms with Gasteiger partial charge in [0, 0.05) is 12.4 Å². The van der Waals surface area contributed by atoms with Gasteiger partial charge in [0.1, 0.15) is 11.7 Å². The van der Waals surface area contributed by atoms with E-state index in [1.54, 1.807) is 6.07 Å². The Kier molecular flexibility index (Phi) is 6.96. The van der Waals surface area contributed by atoms with Crippen LogP contribution in [0.2, 0.25) is 0 Å². The summed E-state index contributed by atoms with van der Waals surface area (Å²) in [6.45, 7) is 0. The molecule has 10 heteroatoms. The number of rotatable bonds is 7. The maximum absolute atomic E-state index is 12.3. The van der Waals surface area contributed by atoms with Crippen molar-refractivity contribution in [3.05, 3.63) is 48.4 Å². The molecule has 2 aromatic heterocycles. The van der Waals surface area contributed by atoms with Gasteiger partial charge in [-0.15, -0.1) is 0 Å². The molecule has 3 N–H and O–H groups in total. The highest BCUT2D eigenvalue weighted by Crippen LogP contribution is 2.04. The Morgan fingerprint density at radius 2 is 2.08 bits per heavy atom. The van der Waals surface area contributed by atoms with Crippen molar-refractivity contribution in [2.24, 2.45) is 0 Å². The second-order valence-corrected chi connectivity index (χ2v) is 5.80. The molecule has 0 aromatic carbocycles. The number of carbonyl (C=O) groups is 3. The van der Waals surface area contributed by atoms with Crippen LogP contribution in [-0.2, 0) is 4.79 Å². The molecule has 0 aliphatic carbocycles. The molecule has 9 nitrogen and oxygen atoms in total. The van der Waals surface area contributed by atoms with E-state index in [0.29, 0.717) is 12.2 Å². The van der Waals surface area contributed by atoms with Gasteiger partial charge in [-0.1, -0.05) is 0 Å². The lowest BCUT2D eigenvalue weighted by molar-refractivity contribution is -0.123. The van der Waals surface area contributed by atoms with Crippen LogP contribution in [0.1, 0.15) is 27.5 Å². The van der Waals surface area contributed by atoms with Crippen LogP contribution in [-0.4, -0.2) is 45.7 Å². The molecule has 3 amide bonds. The first kappa shape index (κ1) is 18.5. The van der Waals surface area contributed by atoms with E-state index in [1.807, 2.05) is 6.26 Å². The Labute approximate surface area is 148 Å². The molecule has 0 fully saturated rings. The quantitative estimate of drug-likeness (QED) is 0.607. The average Bonchev–Trinajstić information content (AvgIpc) is 3.18. The molecule has 0 aliphatic rings. The molecule has 1 unspecified atom stereocenters. The third-order valence-electron chi connectivity index (χ3n) is 3.07. The highest BCUT2D eigenvalue weighted by molar-refractivity contribution is 7.98. The first-order chi connectivity index (χ1) is 12.1. The largest absolute Gasteiger partial charge is 0.459 e. The zero-order chi connectivity index (χ0) is 18.1. The van der Waals surface area contributed by atoms with Gasteiger partial charge in [0.2, 0.25) is 0 Å². The monoisotopic (exact) mass is 363 g/mol. The third-order valence-corrected chi connectivity index (χ3v) is 3.72. The minimum atomic E-state index is -0.827. The number of hydrogen-bond acceptors (Lipinski definition) is 7. The fraction of sp³-hybridized carbons (Fsp3) is 0.267. The Bertz CT molecular complexity index is 708. The summed E-state index contributed by atoms with van der Waals surface area (Å²) >= 11 is 1.53. The number of amides is 3. The summed E-state index contributed by atoms with van der Waals surface area (Å²) in [5.74, 6) is -0.917. The third kappa shape index (κ3) is 5.60. The van der Waals surface area contributed by atoms with E-state index >= 15 is 0 Å². The van der Waals surface area contributed by atoms with Crippen LogP contribution >= 0.6 is 11.8 Å². The van der Waals surface area contributed by atoms with E-state index in [0.717, 1.165) is 0 Å². The summed E-state index contributed by atoms with van der Waals surface area (Å²) in [6, 6.07) is 2.24. The summed E-state index contributed by atoms with van der Waals surface area (Å²) in [5, 5.41) is 2.58. The lowest BCUT2D eigenvalue weighted by atomic mass is 10.2. The highest BCUT2D eigenvalue weighted by Gasteiger charge is 2.23. The van der Waals surface area contributed by atoms with Crippen molar-refractivity contribution in [2.75, 3.05) is 12.0 Å². The molecule has 2 aromatic rings. The molecule has 0 radical (unpaired) electrons. The molecule has 132 valence electrons. The van der Waals surface area contributed by atoms with Crippen LogP contribution in [0.5, 0.6) is 0 Å². The second kappa shape index (κ2) is 9.42. The number of furan rings is 1. The number of nitrogens with zero attached hydrogens (tertiary/aromatic N) is 2. The predicted molar refractivity (Wildman–Crippen MR) is 90.6 cm³/mol. The predicted octanol–water partition coefficient (Wildman–Crippen LogP) is 0.382. The van der Waals surface area contributed by atoms with Crippen molar-refractivity contribution in [3.63, 3.8) is 0 Å². The van der Waals surface area contributed by atoms with Gasteiger partial charge in [0.05, 0.1) is 12.5 Å². The van der Waals surface area contributed by atoms with Gasteiger partial charge in [0.15, 0.2) is 5.76 Å². The molecule has 25 heavy (non-hydrogen) atoms. The van der Waals surface area contributed by atoms with E-state index in [2.05, 4.69) is 26.1 Å². The van der Waals surface area contributed by atoms with Gasteiger partial charge < -0.3 is 9.73 Å². The molecule has 0 saturated heterocycles.